The number of aliphatic hydroxyl groups is 1. The minimum absolute atomic E-state index is 0.0280. The van der Waals surface area contributed by atoms with Gasteiger partial charge in [-0.3, -0.25) is 9.59 Å². The number of pyridine rings is 1. The lowest BCUT2D eigenvalue weighted by Gasteiger charge is -2.14. The fourth-order valence-electron chi connectivity index (χ4n) is 1.08. The second kappa shape index (κ2) is 5.43. The van der Waals surface area contributed by atoms with Crippen LogP contribution in [0.1, 0.15) is 17.3 Å². The van der Waals surface area contributed by atoms with Crippen LogP contribution in [0.2, 0.25) is 0 Å². The number of hydrogen-bond acceptors (Lipinski definition) is 4. The van der Waals surface area contributed by atoms with Crippen LogP contribution in [0.4, 0.5) is 0 Å². The first-order valence-corrected chi connectivity index (χ1v) is 4.92. The molecule has 0 saturated heterocycles. The minimum Gasteiger partial charge on any atom is -0.392 e. The summed E-state index contributed by atoms with van der Waals surface area (Å²) in [5.74, 6) is -0.502. The molecule has 0 aromatic carbocycles. The molecule has 0 aliphatic carbocycles. The highest BCUT2D eigenvalue weighted by molar-refractivity contribution is 5.93. The molecule has 6 nitrogen and oxygen atoms in total. The first-order valence-electron chi connectivity index (χ1n) is 4.92. The minimum atomic E-state index is -0.714. The molecule has 1 heterocycles. The van der Waals surface area contributed by atoms with Crippen molar-refractivity contribution in [2.24, 2.45) is 5.73 Å². The molecule has 0 fully saturated rings. The molecule has 6 heteroatoms. The van der Waals surface area contributed by atoms with Crippen molar-refractivity contribution in [3.63, 3.8) is 0 Å². The second-order valence-electron chi connectivity index (χ2n) is 3.53. The maximum atomic E-state index is 11.5. The van der Waals surface area contributed by atoms with Crippen LogP contribution in [0.25, 0.3) is 0 Å². The van der Waals surface area contributed by atoms with Gasteiger partial charge in [0.05, 0.1) is 6.10 Å². The van der Waals surface area contributed by atoms with Crippen LogP contribution < -0.4 is 16.6 Å². The molecule has 1 aromatic heterocycles. The summed E-state index contributed by atoms with van der Waals surface area (Å²) in [7, 11) is 0. The summed E-state index contributed by atoms with van der Waals surface area (Å²) in [6.07, 6.45) is 0.732. The number of nitrogens with two attached hydrogens (primary N) is 1. The predicted molar refractivity (Wildman–Crippen MR) is 59.1 cm³/mol. The quantitative estimate of drug-likeness (QED) is 0.517. The monoisotopic (exact) mass is 225 g/mol. The Bertz CT molecular complexity index is 414. The summed E-state index contributed by atoms with van der Waals surface area (Å²) < 4.78 is 0. The molecule has 0 spiro atoms. The van der Waals surface area contributed by atoms with Gasteiger partial charge in [0.1, 0.15) is 5.56 Å². The highest BCUT2D eigenvalue weighted by Crippen LogP contribution is 1.91. The molecule has 0 bridgehead atoms. The second-order valence-corrected chi connectivity index (χ2v) is 3.53. The van der Waals surface area contributed by atoms with E-state index in [1.807, 2.05) is 0 Å². The summed E-state index contributed by atoms with van der Waals surface area (Å²) in [4.78, 5) is 25.2. The Balaban J connectivity index is 2.61. The van der Waals surface area contributed by atoms with Gasteiger partial charge in [0.25, 0.3) is 11.5 Å². The molecule has 2 atom stereocenters. The summed E-state index contributed by atoms with van der Waals surface area (Å²) in [5, 5.41) is 11.6. The largest absolute Gasteiger partial charge is 0.392 e. The van der Waals surface area contributed by atoms with Crippen molar-refractivity contribution < 1.29 is 9.90 Å². The van der Waals surface area contributed by atoms with E-state index in [2.05, 4.69) is 10.3 Å². The maximum Gasteiger partial charge on any atom is 0.260 e. The van der Waals surface area contributed by atoms with Crippen molar-refractivity contribution in [2.75, 3.05) is 6.54 Å². The number of aliphatic hydroxyl groups excluding tert-OH is 1. The molecule has 0 saturated carbocycles. The van der Waals surface area contributed by atoms with E-state index in [1.165, 1.54) is 19.2 Å². The van der Waals surface area contributed by atoms with Gasteiger partial charge in [0, 0.05) is 18.8 Å². The van der Waals surface area contributed by atoms with E-state index in [0.29, 0.717) is 0 Å². The van der Waals surface area contributed by atoms with Gasteiger partial charge >= 0.3 is 0 Å². The van der Waals surface area contributed by atoms with Crippen molar-refractivity contribution in [3.05, 3.63) is 34.2 Å². The first kappa shape index (κ1) is 12.4. The summed E-state index contributed by atoms with van der Waals surface area (Å²) >= 11 is 0. The summed E-state index contributed by atoms with van der Waals surface area (Å²) in [5.41, 5.74) is 5.11. The van der Waals surface area contributed by atoms with Gasteiger partial charge in [0.2, 0.25) is 0 Å². The van der Waals surface area contributed by atoms with Crippen LogP contribution in [0.15, 0.2) is 23.1 Å². The van der Waals surface area contributed by atoms with Crippen LogP contribution in [0.3, 0.4) is 0 Å². The molecule has 16 heavy (non-hydrogen) atoms. The van der Waals surface area contributed by atoms with Crippen molar-refractivity contribution in [2.45, 2.75) is 19.1 Å². The third-order valence-corrected chi connectivity index (χ3v) is 2.18. The third-order valence-electron chi connectivity index (χ3n) is 2.18. The standard InChI is InChI=1S/C10H15N3O3/c1-6(14)8(11)5-13-10(16)7-3-2-4-12-9(7)15/h2-4,6,8,14H,5,11H2,1H3,(H,12,15)(H,13,16). The van der Waals surface area contributed by atoms with Crippen molar-refractivity contribution in [1.29, 1.82) is 0 Å². The Morgan fingerprint density at radius 2 is 2.38 bits per heavy atom. The smallest absolute Gasteiger partial charge is 0.260 e. The fraction of sp³-hybridized carbons (Fsp3) is 0.400. The summed E-state index contributed by atoms with van der Waals surface area (Å²) in [6.45, 7) is 1.65. The first-order chi connectivity index (χ1) is 7.52. The Kier molecular flexibility index (Phi) is 4.21. The zero-order chi connectivity index (χ0) is 12.1. The fourth-order valence-corrected chi connectivity index (χ4v) is 1.08. The lowest BCUT2D eigenvalue weighted by molar-refractivity contribution is 0.0936. The topological polar surface area (TPSA) is 108 Å². The number of aromatic amines is 1. The third kappa shape index (κ3) is 3.18. The van der Waals surface area contributed by atoms with E-state index in [0.717, 1.165) is 0 Å². The van der Waals surface area contributed by atoms with Gasteiger partial charge in [-0.1, -0.05) is 0 Å². The molecular formula is C10H15N3O3. The van der Waals surface area contributed by atoms with Crippen LogP contribution in [-0.4, -0.2) is 34.7 Å². The Hall–Kier alpha value is -1.66. The molecule has 88 valence electrons. The Morgan fingerprint density at radius 1 is 1.69 bits per heavy atom. The molecule has 1 rings (SSSR count). The van der Waals surface area contributed by atoms with Gasteiger partial charge in [-0.15, -0.1) is 0 Å². The van der Waals surface area contributed by atoms with Crippen LogP contribution in [0.5, 0.6) is 0 Å². The van der Waals surface area contributed by atoms with Crippen molar-refractivity contribution in [3.8, 4) is 0 Å². The van der Waals surface area contributed by atoms with E-state index in [1.54, 1.807) is 6.07 Å². The number of carbonyl (C=O) groups excluding carboxylic acids is 1. The lowest BCUT2D eigenvalue weighted by atomic mass is 10.2. The average Bonchev–Trinajstić information content (AvgIpc) is 2.25. The highest BCUT2D eigenvalue weighted by atomic mass is 16.3. The van der Waals surface area contributed by atoms with Gasteiger partial charge in [-0.25, -0.2) is 0 Å². The molecule has 0 aliphatic heterocycles. The van der Waals surface area contributed by atoms with Crippen LogP contribution >= 0.6 is 0 Å². The van der Waals surface area contributed by atoms with Crippen LogP contribution in [-0.2, 0) is 0 Å². The average molecular weight is 225 g/mol. The Morgan fingerprint density at radius 3 is 2.94 bits per heavy atom. The number of rotatable bonds is 4. The number of carbonyl (C=O) groups is 1. The number of hydrogen-bond donors (Lipinski definition) is 4. The predicted octanol–water partition coefficient (Wildman–Crippen LogP) is -1.19. The van der Waals surface area contributed by atoms with E-state index in [-0.39, 0.29) is 12.1 Å². The van der Waals surface area contributed by atoms with E-state index < -0.39 is 23.6 Å². The normalized spacial score (nSPS) is 14.2. The maximum absolute atomic E-state index is 11.5. The molecule has 2 unspecified atom stereocenters. The molecule has 1 amide bonds. The van der Waals surface area contributed by atoms with E-state index >= 15 is 0 Å². The van der Waals surface area contributed by atoms with Gasteiger partial charge < -0.3 is 21.1 Å². The van der Waals surface area contributed by atoms with Crippen LogP contribution in [0, 0.1) is 0 Å². The van der Waals surface area contributed by atoms with Gasteiger partial charge in [-0.05, 0) is 19.1 Å². The highest BCUT2D eigenvalue weighted by Gasteiger charge is 2.13. The number of H-pyrrole nitrogens is 1. The van der Waals surface area contributed by atoms with E-state index in [4.69, 9.17) is 10.8 Å². The number of nitrogens with one attached hydrogen (secondary N) is 2. The molecule has 5 N–H and O–H groups in total. The van der Waals surface area contributed by atoms with Crippen molar-refractivity contribution in [1.82, 2.24) is 10.3 Å². The molecule has 1 aromatic rings. The molecule has 0 radical (unpaired) electrons. The van der Waals surface area contributed by atoms with E-state index in [9.17, 15) is 9.59 Å². The lowest BCUT2D eigenvalue weighted by Crippen LogP contribution is -2.44. The Labute approximate surface area is 92.5 Å². The molecular weight excluding hydrogens is 210 g/mol. The van der Waals surface area contributed by atoms with Gasteiger partial charge in [-0.2, -0.15) is 0 Å². The number of amides is 1. The zero-order valence-electron chi connectivity index (χ0n) is 8.93. The molecule has 0 aliphatic rings. The zero-order valence-corrected chi connectivity index (χ0v) is 8.93. The summed E-state index contributed by atoms with van der Waals surface area (Å²) in [6, 6.07) is 2.43. The van der Waals surface area contributed by atoms with Gasteiger partial charge in [0.15, 0.2) is 0 Å². The number of aromatic nitrogens is 1. The SMILES string of the molecule is CC(O)C(N)CNC(=O)c1ccc[nH]c1=O. The van der Waals surface area contributed by atoms with Crippen molar-refractivity contribution >= 4 is 5.91 Å².